The number of rotatable bonds is 4. The van der Waals surface area contributed by atoms with Crippen molar-refractivity contribution in [2.45, 2.75) is 12.8 Å². The van der Waals surface area contributed by atoms with Crippen LogP contribution in [0.25, 0.3) is 10.2 Å². The van der Waals surface area contributed by atoms with Crippen LogP contribution in [0.3, 0.4) is 0 Å². The van der Waals surface area contributed by atoms with Crippen LogP contribution in [0.2, 0.25) is 0 Å². The van der Waals surface area contributed by atoms with Crippen molar-refractivity contribution in [3.63, 3.8) is 0 Å². The minimum Gasteiger partial charge on any atom is -0.396 e. The molecule has 4 nitrogen and oxygen atoms in total. The van der Waals surface area contributed by atoms with E-state index in [4.69, 9.17) is 0 Å². The number of nitrogens with one attached hydrogen (secondary N) is 1. The minimum absolute atomic E-state index is 0.0632. The van der Waals surface area contributed by atoms with E-state index in [0.29, 0.717) is 11.6 Å². The maximum atomic E-state index is 12.0. The number of aromatic nitrogens is 1. The number of aliphatic hydroxyl groups excluding tert-OH is 1. The lowest BCUT2D eigenvalue weighted by molar-refractivity contribution is 0.0935. The van der Waals surface area contributed by atoms with Gasteiger partial charge in [0.15, 0.2) is 5.01 Å². The lowest BCUT2D eigenvalue weighted by atomic mass is 10.1. The maximum Gasteiger partial charge on any atom is 0.280 e. The third-order valence-corrected chi connectivity index (χ3v) is 4.44. The van der Waals surface area contributed by atoms with Gasteiger partial charge in [-0.2, -0.15) is 0 Å². The first-order chi connectivity index (χ1) is 8.72. The van der Waals surface area contributed by atoms with Crippen molar-refractivity contribution in [1.29, 1.82) is 0 Å². The summed E-state index contributed by atoms with van der Waals surface area (Å²) >= 11 is 1.40. The van der Waals surface area contributed by atoms with Gasteiger partial charge in [-0.1, -0.05) is 12.1 Å². The summed E-state index contributed by atoms with van der Waals surface area (Å²) in [6.07, 6.45) is 1.98. The number of nitrogens with zero attached hydrogens (tertiary/aromatic N) is 1. The third-order valence-electron chi connectivity index (χ3n) is 3.40. The lowest BCUT2D eigenvalue weighted by Gasteiger charge is -2.11. The molecule has 2 N–H and O–H groups in total. The first-order valence-corrected chi connectivity index (χ1v) is 6.79. The number of amides is 1. The molecule has 0 spiro atoms. The Kier molecular flexibility index (Phi) is 2.80. The van der Waals surface area contributed by atoms with Crippen LogP contribution in [0, 0.1) is 5.41 Å². The smallest absolute Gasteiger partial charge is 0.280 e. The van der Waals surface area contributed by atoms with Gasteiger partial charge in [-0.3, -0.25) is 4.79 Å². The van der Waals surface area contributed by atoms with E-state index in [2.05, 4.69) is 10.3 Å². The number of fused-ring (bicyclic) bond motifs is 1. The Morgan fingerprint density at radius 3 is 2.89 bits per heavy atom. The largest absolute Gasteiger partial charge is 0.396 e. The highest BCUT2D eigenvalue weighted by atomic mass is 32.1. The van der Waals surface area contributed by atoms with Gasteiger partial charge in [-0.25, -0.2) is 4.98 Å². The Hall–Kier alpha value is -1.46. The van der Waals surface area contributed by atoms with Gasteiger partial charge in [0, 0.05) is 12.0 Å². The summed E-state index contributed by atoms with van der Waals surface area (Å²) in [6.45, 7) is 0.686. The summed E-state index contributed by atoms with van der Waals surface area (Å²) in [5.41, 5.74) is 0.794. The second-order valence-corrected chi connectivity index (χ2v) is 5.86. The summed E-state index contributed by atoms with van der Waals surface area (Å²) in [4.78, 5) is 16.3. The highest BCUT2D eigenvalue weighted by Gasteiger charge is 2.42. The molecule has 0 atom stereocenters. The van der Waals surface area contributed by atoms with Crippen molar-refractivity contribution in [3.8, 4) is 0 Å². The first-order valence-electron chi connectivity index (χ1n) is 5.97. The van der Waals surface area contributed by atoms with Crippen molar-refractivity contribution in [2.24, 2.45) is 5.41 Å². The molecule has 1 aliphatic rings. The lowest BCUT2D eigenvalue weighted by Crippen LogP contribution is -2.31. The van der Waals surface area contributed by atoms with E-state index in [9.17, 15) is 9.90 Å². The molecule has 2 aromatic rings. The molecule has 1 aliphatic carbocycles. The Balaban J connectivity index is 1.72. The maximum absolute atomic E-state index is 12.0. The number of hydrogen-bond donors (Lipinski definition) is 2. The summed E-state index contributed by atoms with van der Waals surface area (Å²) in [7, 11) is 0. The van der Waals surface area contributed by atoms with Crippen LogP contribution in [0.15, 0.2) is 24.3 Å². The van der Waals surface area contributed by atoms with E-state index >= 15 is 0 Å². The molecule has 18 heavy (non-hydrogen) atoms. The predicted molar refractivity (Wildman–Crippen MR) is 70.7 cm³/mol. The fraction of sp³-hybridized carbons (Fsp3) is 0.385. The molecule has 0 unspecified atom stereocenters. The number of carbonyl (C=O) groups excluding carboxylic acids is 1. The van der Waals surface area contributed by atoms with E-state index in [-0.39, 0.29) is 17.9 Å². The molecular weight excluding hydrogens is 248 g/mol. The predicted octanol–water partition coefficient (Wildman–Crippen LogP) is 1.80. The fourth-order valence-electron chi connectivity index (χ4n) is 1.88. The standard InChI is InChI=1S/C13H14N2O2S/c16-8-13(5-6-13)7-14-11(17)12-15-9-3-1-2-4-10(9)18-12/h1-4,16H,5-8H2,(H,14,17). The normalized spacial score (nSPS) is 16.7. The molecule has 1 aromatic heterocycles. The highest BCUT2D eigenvalue weighted by Crippen LogP contribution is 2.44. The van der Waals surface area contributed by atoms with Gasteiger partial charge in [0.05, 0.1) is 16.8 Å². The molecule has 1 heterocycles. The first kappa shape index (κ1) is 11.6. The minimum atomic E-state index is -0.143. The molecule has 1 amide bonds. The molecule has 0 bridgehead atoms. The summed E-state index contributed by atoms with van der Waals surface area (Å²) in [6, 6.07) is 7.71. The Morgan fingerprint density at radius 2 is 2.22 bits per heavy atom. The number of benzene rings is 1. The molecule has 1 fully saturated rings. The van der Waals surface area contributed by atoms with Crippen LogP contribution in [0.4, 0.5) is 0 Å². The van der Waals surface area contributed by atoms with Crippen molar-refractivity contribution < 1.29 is 9.90 Å². The summed E-state index contributed by atoms with van der Waals surface area (Å²) in [5, 5.41) is 12.5. The van der Waals surface area contributed by atoms with Crippen LogP contribution < -0.4 is 5.32 Å². The van der Waals surface area contributed by atoms with Crippen molar-refractivity contribution >= 4 is 27.5 Å². The SMILES string of the molecule is O=C(NCC1(CO)CC1)c1nc2ccccc2s1. The van der Waals surface area contributed by atoms with E-state index < -0.39 is 0 Å². The van der Waals surface area contributed by atoms with Crippen LogP contribution >= 0.6 is 11.3 Å². The topological polar surface area (TPSA) is 62.2 Å². The molecule has 0 saturated heterocycles. The number of thiazole rings is 1. The number of carbonyl (C=O) groups is 1. The zero-order valence-corrected chi connectivity index (χ0v) is 10.7. The second kappa shape index (κ2) is 4.33. The monoisotopic (exact) mass is 262 g/mol. The molecule has 5 heteroatoms. The van der Waals surface area contributed by atoms with Crippen molar-refractivity contribution in [1.82, 2.24) is 10.3 Å². The molecular formula is C13H14N2O2S. The molecule has 1 aromatic carbocycles. The Morgan fingerprint density at radius 1 is 1.44 bits per heavy atom. The molecule has 0 radical (unpaired) electrons. The van der Waals surface area contributed by atoms with E-state index in [1.54, 1.807) is 0 Å². The summed E-state index contributed by atoms with van der Waals surface area (Å²) in [5.74, 6) is -0.143. The van der Waals surface area contributed by atoms with Gasteiger partial charge in [0.1, 0.15) is 0 Å². The van der Waals surface area contributed by atoms with Crippen LogP contribution in [-0.2, 0) is 0 Å². The fourth-order valence-corrected chi connectivity index (χ4v) is 2.76. The van der Waals surface area contributed by atoms with E-state index in [1.807, 2.05) is 24.3 Å². The van der Waals surface area contributed by atoms with Gasteiger partial charge in [0.25, 0.3) is 5.91 Å². The third kappa shape index (κ3) is 2.11. The molecule has 94 valence electrons. The molecule has 1 saturated carbocycles. The number of aliphatic hydroxyl groups is 1. The number of para-hydroxylation sites is 1. The highest BCUT2D eigenvalue weighted by molar-refractivity contribution is 7.20. The van der Waals surface area contributed by atoms with Gasteiger partial charge in [-0.15, -0.1) is 11.3 Å². The summed E-state index contributed by atoms with van der Waals surface area (Å²) < 4.78 is 1.02. The molecule has 0 aliphatic heterocycles. The van der Waals surface area contributed by atoms with Gasteiger partial charge in [0.2, 0.25) is 0 Å². The zero-order valence-electron chi connectivity index (χ0n) is 9.85. The van der Waals surface area contributed by atoms with Crippen LogP contribution in [0.5, 0.6) is 0 Å². The zero-order chi connectivity index (χ0) is 12.6. The van der Waals surface area contributed by atoms with E-state index in [1.165, 1.54) is 11.3 Å². The van der Waals surface area contributed by atoms with Crippen LogP contribution in [0.1, 0.15) is 22.6 Å². The van der Waals surface area contributed by atoms with Gasteiger partial charge >= 0.3 is 0 Å². The van der Waals surface area contributed by atoms with Gasteiger partial charge < -0.3 is 10.4 Å². The van der Waals surface area contributed by atoms with Gasteiger partial charge in [-0.05, 0) is 25.0 Å². The second-order valence-electron chi connectivity index (χ2n) is 4.83. The quantitative estimate of drug-likeness (QED) is 0.883. The van der Waals surface area contributed by atoms with Crippen molar-refractivity contribution in [2.75, 3.05) is 13.2 Å². The molecule has 3 rings (SSSR count). The Labute approximate surface area is 109 Å². The average Bonchev–Trinajstić information content (AvgIpc) is 3.05. The Bertz CT molecular complexity index is 556. The van der Waals surface area contributed by atoms with E-state index in [0.717, 1.165) is 23.1 Å². The van der Waals surface area contributed by atoms with Crippen LogP contribution in [-0.4, -0.2) is 29.1 Å². The number of hydrogen-bond acceptors (Lipinski definition) is 4. The average molecular weight is 262 g/mol. The van der Waals surface area contributed by atoms with Crippen molar-refractivity contribution in [3.05, 3.63) is 29.3 Å².